The van der Waals surface area contributed by atoms with Crippen LogP contribution in [0.2, 0.25) is 0 Å². The Kier molecular flexibility index (Phi) is 7.96. The van der Waals surface area contributed by atoms with E-state index in [4.69, 9.17) is 0 Å². The molecule has 0 heterocycles. The summed E-state index contributed by atoms with van der Waals surface area (Å²) < 4.78 is 0. The molecule has 0 atom stereocenters. The average molecular weight is 318 g/mol. The Morgan fingerprint density at radius 3 is 2.22 bits per heavy atom. The molecule has 1 amide bonds. The van der Waals surface area contributed by atoms with E-state index in [0.717, 1.165) is 31.1 Å². The zero-order valence-electron chi connectivity index (χ0n) is 12.0. The van der Waals surface area contributed by atoms with Crippen LogP contribution < -0.4 is 0 Å². The third kappa shape index (κ3) is 5.29. The first kappa shape index (κ1) is 16.0. The second-order valence-electron chi connectivity index (χ2n) is 5.71. The molecule has 0 unspecified atom stereocenters. The van der Waals surface area contributed by atoms with E-state index < -0.39 is 0 Å². The lowest BCUT2D eigenvalue weighted by Crippen LogP contribution is -2.41. The summed E-state index contributed by atoms with van der Waals surface area (Å²) in [5.74, 6) is 0.705. The Hall–Kier alpha value is -0.0500. The van der Waals surface area contributed by atoms with Gasteiger partial charge in [0.1, 0.15) is 0 Å². The molecule has 0 spiro atoms. The first-order valence-electron chi connectivity index (χ1n) is 7.53. The Balaban J connectivity index is 2.55. The van der Waals surface area contributed by atoms with E-state index >= 15 is 0 Å². The van der Waals surface area contributed by atoms with Crippen molar-refractivity contribution < 1.29 is 4.79 Å². The number of hydrogen-bond donors (Lipinski definition) is 0. The summed E-state index contributed by atoms with van der Waals surface area (Å²) in [6, 6.07) is 0.335. The third-order valence-corrected chi connectivity index (χ3v) is 4.45. The summed E-state index contributed by atoms with van der Waals surface area (Å²) in [5, 5.41) is 0.980. The molecule has 1 saturated carbocycles. The second-order valence-corrected chi connectivity index (χ2v) is 6.50. The molecule has 0 bridgehead atoms. The van der Waals surface area contributed by atoms with Gasteiger partial charge in [-0.3, -0.25) is 4.79 Å². The van der Waals surface area contributed by atoms with Gasteiger partial charge in [-0.1, -0.05) is 48.0 Å². The number of amides is 1. The largest absolute Gasteiger partial charge is 0.340 e. The zero-order chi connectivity index (χ0) is 13.4. The van der Waals surface area contributed by atoms with Crippen molar-refractivity contribution in [3.05, 3.63) is 0 Å². The minimum Gasteiger partial charge on any atom is -0.340 e. The number of hydrogen-bond acceptors (Lipinski definition) is 1. The highest BCUT2D eigenvalue weighted by Crippen LogP contribution is 2.24. The van der Waals surface area contributed by atoms with Crippen molar-refractivity contribution in [3.8, 4) is 0 Å². The van der Waals surface area contributed by atoms with Gasteiger partial charge in [-0.2, -0.15) is 0 Å². The fraction of sp³-hybridized carbons (Fsp3) is 0.933. The van der Waals surface area contributed by atoms with Gasteiger partial charge >= 0.3 is 0 Å². The van der Waals surface area contributed by atoms with Gasteiger partial charge in [-0.15, -0.1) is 0 Å². The van der Waals surface area contributed by atoms with E-state index in [9.17, 15) is 4.79 Å². The standard InChI is InChI=1S/C15H28BrNO/c1-13(2)17(12-8-11-16)15(18)14-9-6-4-3-5-7-10-14/h13-14H,3-12H2,1-2H3. The van der Waals surface area contributed by atoms with E-state index in [2.05, 4.69) is 34.7 Å². The highest BCUT2D eigenvalue weighted by molar-refractivity contribution is 9.09. The van der Waals surface area contributed by atoms with Crippen molar-refractivity contribution in [2.24, 2.45) is 5.92 Å². The Labute approximate surface area is 121 Å². The fourth-order valence-corrected chi connectivity index (χ4v) is 3.04. The highest BCUT2D eigenvalue weighted by Gasteiger charge is 2.25. The van der Waals surface area contributed by atoms with Crippen LogP contribution in [0.4, 0.5) is 0 Å². The Morgan fingerprint density at radius 1 is 1.17 bits per heavy atom. The number of nitrogens with zero attached hydrogens (tertiary/aromatic N) is 1. The van der Waals surface area contributed by atoms with Gasteiger partial charge in [0.25, 0.3) is 0 Å². The molecule has 106 valence electrons. The van der Waals surface area contributed by atoms with Crippen LogP contribution in [-0.4, -0.2) is 28.7 Å². The topological polar surface area (TPSA) is 20.3 Å². The summed E-state index contributed by atoms with van der Waals surface area (Å²) in [7, 11) is 0. The van der Waals surface area contributed by atoms with Crippen LogP contribution in [-0.2, 0) is 4.79 Å². The van der Waals surface area contributed by atoms with E-state index in [-0.39, 0.29) is 0 Å². The molecule has 0 aromatic rings. The van der Waals surface area contributed by atoms with Crippen molar-refractivity contribution in [1.29, 1.82) is 0 Å². The van der Waals surface area contributed by atoms with Gasteiger partial charge in [-0.25, -0.2) is 0 Å². The van der Waals surface area contributed by atoms with Gasteiger partial charge in [0.2, 0.25) is 5.91 Å². The minimum absolute atomic E-state index is 0.294. The van der Waals surface area contributed by atoms with Gasteiger partial charge in [-0.05, 0) is 33.1 Å². The maximum absolute atomic E-state index is 12.6. The molecule has 0 aromatic heterocycles. The number of carbonyl (C=O) groups is 1. The average Bonchev–Trinajstić information content (AvgIpc) is 2.28. The molecule has 1 fully saturated rings. The fourth-order valence-electron chi connectivity index (χ4n) is 2.79. The molecule has 0 saturated heterocycles. The van der Waals surface area contributed by atoms with Crippen LogP contribution in [0.3, 0.4) is 0 Å². The molecule has 0 radical (unpaired) electrons. The maximum Gasteiger partial charge on any atom is 0.225 e. The maximum atomic E-state index is 12.6. The van der Waals surface area contributed by atoms with Crippen LogP contribution in [0.5, 0.6) is 0 Å². The van der Waals surface area contributed by atoms with Gasteiger partial charge in [0.15, 0.2) is 0 Å². The van der Waals surface area contributed by atoms with Gasteiger partial charge in [0, 0.05) is 23.8 Å². The summed E-state index contributed by atoms with van der Waals surface area (Å²) >= 11 is 3.46. The summed E-state index contributed by atoms with van der Waals surface area (Å²) in [5.41, 5.74) is 0. The monoisotopic (exact) mass is 317 g/mol. The SMILES string of the molecule is CC(C)N(CCCBr)C(=O)C1CCCCCCC1. The van der Waals surface area contributed by atoms with Crippen LogP contribution in [0, 0.1) is 5.92 Å². The molecule has 2 nitrogen and oxygen atoms in total. The minimum atomic E-state index is 0.294. The van der Waals surface area contributed by atoms with Crippen molar-refractivity contribution in [3.63, 3.8) is 0 Å². The molecule has 18 heavy (non-hydrogen) atoms. The van der Waals surface area contributed by atoms with Crippen LogP contribution in [0.25, 0.3) is 0 Å². The molecular formula is C15H28BrNO. The van der Waals surface area contributed by atoms with Crippen molar-refractivity contribution in [2.45, 2.75) is 71.3 Å². The van der Waals surface area contributed by atoms with Gasteiger partial charge in [0.05, 0.1) is 0 Å². The summed E-state index contributed by atoms with van der Waals surface area (Å²) in [4.78, 5) is 14.7. The number of halogens is 1. The normalized spacial score (nSPS) is 18.4. The van der Waals surface area contributed by atoms with E-state index in [1.165, 1.54) is 32.1 Å². The summed E-state index contributed by atoms with van der Waals surface area (Å²) in [6.07, 6.45) is 9.73. The smallest absolute Gasteiger partial charge is 0.225 e. The molecule has 3 heteroatoms. The van der Waals surface area contributed by atoms with E-state index in [1.807, 2.05) is 0 Å². The lowest BCUT2D eigenvalue weighted by atomic mass is 9.90. The molecule has 1 aliphatic rings. The second kappa shape index (κ2) is 8.95. The van der Waals surface area contributed by atoms with Crippen molar-refractivity contribution >= 4 is 21.8 Å². The number of rotatable bonds is 5. The van der Waals surface area contributed by atoms with Crippen molar-refractivity contribution in [1.82, 2.24) is 4.90 Å². The van der Waals surface area contributed by atoms with Crippen LogP contribution >= 0.6 is 15.9 Å². The lowest BCUT2D eigenvalue weighted by molar-refractivity contribution is -0.138. The van der Waals surface area contributed by atoms with E-state index in [1.54, 1.807) is 0 Å². The van der Waals surface area contributed by atoms with Crippen LogP contribution in [0.15, 0.2) is 0 Å². The van der Waals surface area contributed by atoms with E-state index in [0.29, 0.717) is 17.9 Å². The summed E-state index contributed by atoms with van der Waals surface area (Å²) in [6.45, 7) is 5.17. The lowest BCUT2D eigenvalue weighted by Gasteiger charge is -2.31. The Bertz CT molecular complexity index is 235. The predicted molar refractivity (Wildman–Crippen MR) is 81.1 cm³/mol. The molecule has 0 aliphatic heterocycles. The highest BCUT2D eigenvalue weighted by atomic mass is 79.9. The molecular weight excluding hydrogens is 290 g/mol. The van der Waals surface area contributed by atoms with Crippen molar-refractivity contribution in [2.75, 3.05) is 11.9 Å². The first-order valence-corrected chi connectivity index (χ1v) is 8.65. The van der Waals surface area contributed by atoms with Crippen LogP contribution in [0.1, 0.15) is 65.2 Å². The number of carbonyl (C=O) groups excluding carboxylic acids is 1. The predicted octanol–water partition coefficient (Wildman–Crippen LogP) is 4.37. The third-order valence-electron chi connectivity index (χ3n) is 3.89. The Morgan fingerprint density at radius 2 is 1.72 bits per heavy atom. The first-order chi connectivity index (χ1) is 8.66. The zero-order valence-corrected chi connectivity index (χ0v) is 13.5. The molecule has 0 N–H and O–H groups in total. The number of alkyl halides is 1. The molecule has 1 aliphatic carbocycles. The molecule has 1 rings (SSSR count). The van der Waals surface area contributed by atoms with Gasteiger partial charge < -0.3 is 4.90 Å². The quantitative estimate of drug-likeness (QED) is 0.689. The molecule has 0 aromatic carbocycles.